The summed E-state index contributed by atoms with van der Waals surface area (Å²) in [5.41, 5.74) is 4.72. The highest BCUT2D eigenvalue weighted by Gasteiger charge is 2.27. The first kappa shape index (κ1) is 22.6. The summed E-state index contributed by atoms with van der Waals surface area (Å²) < 4.78 is 28.1. The van der Waals surface area contributed by atoms with Gasteiger partial charge >= 0.3 is 0 Å². The van der Waals surface area contributed by atoms with E-state index in [1.54, 1.807) is 6.07 Å². The minimum absolute atomic E-state index is 0.142. The second-order valence-electron chi connectivity index (χ2n) is 8.86. The molecule has 1 heterocycles. The third-order valence-corrected chi connectivity index (χ3v) is 8.44. The molecule has 1 unspecified atom stereocenters. The van der Waals surface area contributed by atoms with Gasteiger partial charge in [-0.2, -0.15) is 4.72 Å². The molecule has 8 heteroatoms. The molecule has 160 valence electrons. The Kier molecular flexibility index (Phi) is 6.37. The fourth-order valence-corrected chi connectivity index (χ4v) is 6.33. The number of benzene rings is 1. The molecule has 1 aliphatic carbocycles. The van der Waals surface area contributed by atoms with E-state index in [1.807, 2.05) is 32.2 Å². The van der Waals surface area contributed by atoms with Crippen molar-refractivity contribution in [2.24, 2.45) is 0 Å². The Balaban J connectivity index is 1.85. The summed E-state index contributed by atoms with van der Waals surface area (Å²) in [6.45, 7) is 10.2. The van der Waals surface area contributed by atoms with Crippen LogP contribution in [0.15, 0.2) is 21.7 Å². The molecule has 1 aromatic carbocycles. The van der Waals surface area contributed by atoms with Gasteiger partial charge < -0.3 is 10.4 Å². The zero-order valence-corrected chi connectivity index (χ0v) is 19.9. The van der Waals surface area contributed by atoms with Gasteiger partial charge in [-0.25, -0.2) is 8.42 Å². The van der Waals surface area contributed by atoms with Gasteiger partial charge in [-0.1, -0.05) is 46.2 Å². The molecule has 0 radical (unpaired) electrons. The van der Waals surface area contributed by atoms with Crippen LogP contribution in [-0.4, -0.2) is 19.9 Å². The van der Waals surface area contributed by atoms with Gasteiger partial charge in [-0.15, -0.1) is 11.3 Å². The van der Waals surface area contributed by atoms with Crippen molar-refractivity contribution in [1.82, 2.24) is 4.72 Å². The lowest BCUT2D eigenvalue weighted by Gasteiger charge is -2.23. The summed E-state index contributed by atoms with van der Waals surface area (Å²) in [5.74, 6) is 0.177. The fraction of sp³-hybridized carbons (Fsp3) is 0.524. The number of hydrogen-bond acceptors (Lipinski definition) is 5. The lowest BCUT2D eigenvalue weighted by atomic mass is 9.90. The molecule has 1 atom stereocenters. The molecule has 1 aromatic heterocycles. The monoisotopic (exact) mass is 456 g/mol. The van der Waals surface area contributed by atoms with Crippen molar-refractivity contribution in [3.63, 3.8) is 0 Å². The predicted octanol–water partition coefficient (Wildman–Crippen LogP) is 4.98. The Hall–Kier alpha value is -1.12. The number of hydrogen-bond donors (Lipinski definition) is 3. The maximum absolute atomic E-state index is 12.8. The summed E-state index contributed by atoms with van der Waals surface area (Å²) in [6, 6.07) is 3.59. The van der Waals surface area contributed by atoms with Gasteiger partial charge in [0.15, 0.2) is 6.35 Å². The average molecular weight is 457 g/mol. The van der Waals surface area contributed by atoms with E-state index >= 15 is 0 Å². The first-order valence-corrected chi connectivity index (χ1v) is 12.5. The summed E-state index contributed by atoms with van der Waals surface area (Å²) in [4.78, 5) is 0. The van der Waals surface area contributed by atoms with E-state index in [4.69, 9.17) is 11.6 Å². The van der Waals surface area contributed by atoms with Crippen molar-refractivity contribution in [3.05, 3.63) is 44.8 Å². The number of sulfonamides is 1. The number of anilines is 1. The standard InChI is InChI=1S/C21H29ClN2O3S2/c1-12(2)16-10-17(22)14-7-6-8-15(14)19(16)23-20(25)24-29(26,27)18-9-13(11-28-18)21(3,4)5/h9-12,20,23-25H,6-8H2,1-5H3. The molecule has 3 N–H and O–H groups in total. The van der Waals surface area contributed by atoms with E-state index in [1.165, 1.54) is 0 Å². The summed E-state index contributed by atoms with van der Waals surface area (Å²) in [5, 5.41) is 16.1. The molecule has 0 bridgehead atoms. The first-order chi connectivity index (χ1) is 13.4. The minimum atomic E-state index is -3.84. The molecule has 0 aliphatic heterocycles. The van der Waals surface area contributed by atoms with E-state index in [0.29, 0.717) is 0 Å². The van der Waals surface area contributed by atoms with Crippen molar-refractivity contribution >= 4 is 38.6 Å². The number of fused-ring (bicyclic) bond motifs is 1. The lowest BCUT2D eigenvalue weighted by molar-refractivity contribution is 0.192. The largest absolute Gasteiger partial charge is 0.360 e. The quantitative estimate of drug-likeness (QED) is 0.536. The summed E-state index contributed by atoms with van der Waals surface area (Å²) in [6.07, 6.45) is 1.31. The van der Waals surface area contributed by atoms with Crippen LogP contribution in [0.1, 0.15) is 69.2 Å². The summed E-state index contributed by atoms with van der Waals surface area (Å²) in [7, 11) is -3.84. The highest BCUT2D eigenvalue weighted by atomic mass is 35.5. The minimum Gasteiger partial charge on any atom is -0.360 e. The average Bonchev–Trinajstić information content (AvgIpc) is 3.25. The normalized spacial score (nSPS) is 15.6. The zero-order chi connectivity index (χ0) is 21.6. The van der Waals surface area contributed by atoms with Crippen LogP contribution in [0.25, 0.3) is 0 Å². The second kappa shape index (κ2) is 8.19. The van der Waals surface area contributed by atoms with Crippen LogP contribution < -0.4 is 10.0 Å². The number of rotatable bonds is 6. The molecule has 0 saturated carbocycles. The first-order valence-electron chi connectivity index (χ1n) is 9.80. The van der Waals surface area contributed by atoms with Crippen LogP contribution >= 0.6 is 22.9 Å². The van der Waals surface area contributed by atoms with Crippen LogP contribution in [0.2, 0.25) is 5.02 Å². The molecule has 1 aliphatic rings. The molecule has 29 heavy (non-hydrogen) atoms. The van der Waals surface area contributed by atoms with Crippen molar-refractivity contribution in [3.8, 4) is 0 Å². The zero-order valence-electron chi connectivity index (χ0n) is 17.5. The van der Waals surface area contributed by atoms with Gasteiger partial charge in [0.1, 0.15) is 4.21 Å². The predicted molar refractivity (Wildman–Crippen MR) is 121 cm³/mol. The molecule has 2 aromatic rings. The van der Waals surface area contributed by atoms with Crippen LogP contribution in [0, 0.1) is 0 Å². The highest BCUT2D eigenvalue weighted by molar-refractivity contribution is 7.91. The number of aliphatic hydroxyl groups is 1. The van der Waals surface area contributed by atoms with E-state index < -0.39 is 16.4 Å². The van der Waals surface area contributed by atoms with Gasteiger partial charge in [0.05, 0.1) is 0 Å². The van der Waals surface area contributed by atoms with Crippen LogP contribution in [-0.2, 0) is 28.3 Å². The lowest BCUT2D eigenvalue weighted by Crippen LogP contribution is -2.40. The Morgan fingerprint density at radius 1 is 1.17 bits per heavy atom. The van der Waals surface area contributed by atoms with Crippen LogP contribution in [0.3, 0.4) is 0 Å². The molecule has 0 saturated heterocycles. The van der Waals surface area contributed by atoms with Crippen molar-refractivity contribution < 1.29 is 13.5 Å². The van der Waals surface area contributed by atoms with Crippen LogP contribution in [0.5, 0.6) is 0 Å². The Labute approximate surface area is 182 Å². The molecule has 0 spiro atoms. The van der Waals surface area contributed by atoms with Gasteiger partial charge in [0, 0.05) is 10.7 Å². The van der Waals surface area contributed by atoms with Gasteiger partial charge in [-0.3, -0.25) is 0 Å². The van der Waals surface area contributed by atoms with Crippen molar-refractivity contribution in [2.75, 3.05) is 5.32 Å². The third kappa shape index (κ3) is 4.80. The molecule has 5 nitrogen and oxygen atoms in total. The number of thiophene rings is 1. The molecule has 0 amide bonds. The smallest absolute Gasteiger partial charge is 0.253 e. The van der Waals surface area contributed by atoms with Crippen molar-refractivity contribution in [2.45, 2.75) is 75.8 Å². The molecular weight excluding hydrogens is 428 g/mol. The van der Waals surface area contributed by atoms with Crippen LogP contribution in [0.4, 0.5) is 5.69 Å². The Morgan fingerprint density at radius 3 is 2.41 bits per heavy atom. The Bertz CT molecular complexity index is 1010. The summed E-state index contributed by atoms with van der Waals surface area (Å²) >= 11 is 7.61. The van der Waals surface area contributed by atoms with E-state index in [9.17, 15) is 13.5 Å². The van der Waals surface area contributed by atoms with Crippen molar-refractivity contribution in [1.29, 1.82) is 0 Å². The molecule has 0 fully saturated rings. The molecular formula is C21H29ClN2O3S2. The Morgan fingerprint density at radius 2 is 1.83 bits per heavy atom. The van der Waals surface area contributed by atoms with E-state index in [0.717, 1.165) is 63.6 Å². The number of aliphatic hydroxyl groups excluding tert-OH is 1. The number of halogens is 1. The maximum Gasteiger partial charge on any atom is 0.253 e. The van der Waals surface area contributed by atoms with E-state index in [2.05, 4.69) is 23.9 Å². The highest BCUT2D eigenvalue weighted by Crippen LogP contribution is 2.40. The SMILES string of the molecule is CC(C)c1cc(Cl)c2c(c1NC(O)NS(=O)(=O)c1cc(C(C)(C)C)cs1)CCC2. The topological polar surface area (TPSA) is 78.4 Å². The maximum atomic E-state index is 12.8. The fourth-order valence-electron chi connectivity index (χ4n) is 3.60. The second-order valence-corrected chi connectivity index (χ2v) is 12.1. The third-order valence-electron chi connectivity index (χ3n) is 5.25. The van der Waals surface area contributed by atoms with Gasteiger partial charge in [0.25, 0.3) is 10.0 Å². The molecule has 3 rings (SSSR count). The van der Waals surface area contributed by atoms with Gasteiger partial charge in [0.2, 0.25) is 0 Å². The number of nitrogens with one attached hydrogen (secondary N) is 2. The van der Waals surface area contributed by atoms with E-state index in [-0.39, 0.29) is 15.5 Å². The van der Waals surface area contributed by atoms with Gasteiger partial charge in [-0.05, 0) is 70.4 Å².